The Morgan fingerprint density at radius 3 is 1.84 bits per heavy atom. The summed E-state index contributed by atoms with van der Waals surface area (Å²) in [5, 5.41) is 3.57. The maximum atomic E-state index is 12.1. The van der Waals surface area contributed by atoms with Crippen molar-refractivity contribution in [1.82, 2.24) is 5.32 Å². The van der Waals surface area contributed by atoms with E-state index >= 15 is 0 Å². The Bertz CT molecular complexity index is 974. The Balaban J connectivity index is 0.00000166. The average molecular weight is 544 g/mol. The molecule has 0 bridgehead atoms. The number of nitrogens with one attached hydrogen (secondary N) is 1. The van der Waals surface area contributed by atoms with E-state index in [0.29, 0.717) is 0 Å². The molecule has 2 atom stereocenters. The first-order valence-electron chi connectivity index (χ1n) is 9.95. The Hall–Kier alpha value is -1.56. The molecular weight excluding hydrogens is 517 g/mol. The summed E-state index contributed by atoms with van der Waals surface area (Å²) in [7, 11) is 1.06. The van der Waals surface area contributed by atoms with Gasteiger partial charge in [0.15, 0.2) is 0 Å². The molecule has 0 amide bonds. The number of halogens is 1. The minimum atomic E-state index is -3.51. The molecule has 165 valence electrons. The van der Waals surface area contributed by atoms with Gasteiger partial charge in [0.05, 0.1) is 10.0 Å². The molecule has 3 aromatic rings. The van der Waals surface area contributed by atoms with E-state index in [1.807, 2.05) is 96.2 Å². The average Bonchev–Trinajstić information content (AvgIpc) is 2.80. The third-order valence-corrected chi connectivity index (χ3v) is 5.38. The zero-order chi connectivity index (χ0) is 22.5. The van der Waals surface area contributed by atoms with Gasteiger partial charge < -0.3 is 10.0 Å². The molecule has 0 saturated heterocycles. The Kier molecular flexibility index (Phi) is 11.4. The molecule has 0 aliphatic rings. The fourth-order valence-electron chi connectivity index (χ4n) is 3.44. The Morgan fingerprint density at radius 2 is 1.32 bits per heavy atom. The van der Waals surface area contributed by atoms with Crippen LogP contribution in [0.2, 0.25) is 0 Å². The molecule has 0 heterocycles. The van der Waals surface area contributed by atoms with Gasteiger partial charge in [0.25, 0.3) is 0 Å². The molecule has 0 spiro atoms. The first kappa shape index (κ1) is 25.7. The second kappa shape index (κ2) is 13.8. The summed E-state index contributed by atoms with van der Waals surface area (Å²) in [6, 6.07) is 29.2. The molecule has 4 nitrogen and oxygen atoms in total. The zero-order valence-corrected chi connectivity index (χ0v) is 20.7. The van der Waals surface area contributed by atoms with Gasteiger partial charge >= 0.3 is 27.0 Å². The SMILES string of the molecule is CS(=O)(=O)[N-][C@@H](c1ccccc1)[C@@H](NCCCc1ccccc1)c1ccccc1.[Cl][Ru+2]. The van der Waals surface area contributed by atoms with E-state index in [9.17, 15) is 8.42 Å². The Labute approximate surface area is 200 Å². The van der Waals surface area contributed by atoms with Gasteiger partial charge in [-0.15, -0.1) is 0 Å². The number of hydrogen-bond acceptors (Lipinski definition) is 3. The van der Waals surface area contributed by atoms with Gasteiger partial charge in [0.1, 0.15) is 0 Å². The van der Waals surface area contributed by atoms with Crippen LogP contribution in [0.1, 0.15) is 35.2 Å². The van der Waals surface area contributed by atoms with Crippen LogP contribution in [0.3, 0.4) is 0 Å². The molecule has 1 N–H and O–H groups in total. The van der Waals surface area contributed by atoms with Crippen molar-refractivity contribution in [1.29, 1.82) is 0 Å². The first-order chi connectivity index (χ1) is 15.0. The van der Waals surface area contributed by atoms with E-state index < -0.39 is 16.1 Å². The van der Waals surface area contributed by atoms with Crippen LogP contribution in [-0.2, 0) is 33.8 Å². The Morgan fingerprint density at radius 1 is 0.839 bits per heavy atom. The van der Waals surface area contributed by atoms with E-state index in [1.54, 1.807) is 0 Å². The van der Waals surface area contributed by atoms with Gasteiger partial charge in [0.2, 0.25) is 0 Å². The number of sulfonamides is 1. The molecule has 3 rings (SSSR count). The van der Waals surface area contributed by atoms with Gasteiger partial charge in [-0.2, -0.15) is 0 Å². The van der Waals surface area contributed by atoms with Crippen molar-refractivity contribution in [2.75, 3.05) is 12.8 Å². The summed E-state index contributed by atoms with van der Waals surface area (Å²) in [6.07, 6.45) is 3.07. The summed E-state index contributed by atoms with van der Waals surface area (Å²) in [4.78, 5) is 0. The summed E-state index contributed by atoms with van der Waals surface area (Å²) < 4.78 is 28.3. The van der Waals surface area contributed by atoms with Gasteiger partial charge in [0, 0.05) is 12.3 Å². The van der Waals surface area contributed by atoms with Crippen LogP contribution in [0.4, 0.5) is 0 Å². The van der Waals surface area contributed by atoms with E-state index in [1.165, 1.54) is 5.56 Å². The third-order valence-electron chi connectivity index (χ3n) is 4.77. The molecule has 0 radical (unpaired) electrons. The van der Waals surface area contributed by atoms with Crippen LogP contribution < -0.4 is 5.32 Å². The van der Waals surface area contributed by atoms with Crippen molar-refractivity contribution < 1.29 is 25.7 Å². The number of nitrogens with zero attached hydrogens (tertiary/aromatic N) is 1. The van der Waals surface area contributed by atoms with E-state index in [4.69, 9.17) is 0 Å². The summed E-state index contributed by atoms with van der Waals surface area (Å²) >= 11 is 1.82. The molecule has 31 heavy (non-hydrogen) atoms. The van der Waals surface area contributed by atoms with E-state index in [2.05, 4.69) is 31.9 Å². The number of aryl methyl sites for hydroxylation is 1. The van der Waals surface area contributed by atoms with E-state index in [0.717, 1.165) is 36.8 Å². The maximum absolute atomic E-state index is 12.1. The molecule has 3 aromatic carbocycles. The fourth-order valence-corrected chi connectivity index (χ4v) is 4.09. The van der Waals surface area contributed by atoms with Gasteiger partial charge in [-0.3, -0.25) is 0 Å². The predicted octanol–water partition coefficient (Wildman–Crippen LogP) is 5.71. The van der Waals surface area contributed by atoms with Crippen LogP contribution in [0.25, 0.3) is 4.72 Å². The second-order valence-corrected chi connectivity index (χ2v) is 8.80. The summed E-state index contributed by atoms with van der Waals surface area (Å²) in [5.74, 6) is 0. The van der Waals surface area contributed by atoms with Gasteiger partial charge in [-0.25, -0.2) is 8.42 Å². The van der Waals surface area contributed by atoms with Crippen LogP contribution >= 0.6 is 9.69 Å². The third kappa shape index (κ3) is 9.22. The second-order valence-electron chi connectivity index (χ2n) is 7.13. The molecule has 0 aliphatic heterocycles. The number of benzene rings is 3. The summed E-state index contributed by atoms with van der Waals surface area (Å²) in [6.45, 7) is 0.761. The normalized spacial score (nSPS) is 13.0. The van der Waals surface area contributed by atoms with Gasteiger partial charge in [-0.05, 0) is 30.5 Å². The van der Waals surface area contributed by atoms with E-state index in [-0.39, 0.29) is 6.04 Å². The minimum absolute atomic E-state index is 0.232. The van der Waals surface area contributed by atoms with Crippen molar-refractivity contribution in [2.24, 2.45) is 0 Å². The predicted molar refractivity (Wildman–Crippen MR) is 125 cm³/mol. The number of hydrogen-bond donors (Lipinski definition) is 1. The summed E-state index contributed by atoms with van der Waals surface area (Å²) in [5.41, 5.74) is 3.20. The van der Waals surface area contributed by atoms with Crippen molar-refractivity contribution >= 4 is 19.7 Å². The molecule has 0 unspecified atom stereocenters. The molecule has 0 fully saturated rings. The quantitative estimate of drug-likeness (QED) is 0.263. The van der Waals surface area contributed by atoms with Crippen molar-refractivity contribution in [3.63, 3.8) is 0 Å². The standard InChI is InChI=1S/C24H27N2O2S.ClH.Ru/c1-29(27,28)26-24(22-17-9-4-10-18-22)23(21-15-7-3-8-16-21)25-19-11-14-20-12-5-2-6-13-20;;/h2-10,12-13,15-18,23-25H,11,14,19H2,1H3;1H;/q-1;;+3/p-1/t23-,24-;;/m0../s1. The van der Waals surface area contributed by atoms with Gasteiger partial charge in [-0.1, -0.05) is 103 Å². The molecule has 0 aromatic heterocycles. The van der Waals surface area contributed by atoms with Crippen molar-refractivity contribution in [3.05, 3.63) is 112 Å². The molecule has 0 saturated carbocycles. The number of rotatable bonds is 10. The van der Waals surface area contributed by atoms with Crippen molar-refractivity contribution in [2.45, 2.75) is 24.9 Å². The van der Waals surface area contributed by atoms with Crippen LogP contribution in [-0.4, -0.2) is 21.2 Å². The topological polar surface area (TPSA) is 60.3 Å². The molecule has 7 heteroatoms. The van der Waals surface area contributed by atoms with Crippen LogP contribution in [0, 0.1) is 0 Å². The zero-order valence-electron chi connectivity index (χ0n) is 17.3. The molecular formula is C24H27ClN2O2RuS+. The fraction of sp³-hybridized carbons (Fsp3) is 0.250. The van der Waals surface area contributed by atoms with Crippen molar-refractivity contribution in [3.8, 4) is 0 Å². The first-order valence-corrected chi connectivity index (χ1v) is 14.0. The van der Waals surface area contributed by atoms with Crippen LogP contribution in [0.15, 0.2) is 91.0 Å². The monoisotopic (exact) mass is 544 g/mol. The van der Waals surface area contributed by atoms with Crippen LogP contribution in [0.5, 0.6) is 0 Å². The molecule has 0 aliphatic carbocycles.